The molecule has 0 saturated heterocycles. The highest BCUT2D eigenvalue weighted by atomic mass is 32.1. The Hall–Kier alpha value is -4.13. The summed E-state index contributed by atoms with van der Waals surface area (Å²) in [6, 6.07) is 29.8. The van der Waals surface area contributed by atoms with E-state index in [1.165, 1.54) is 31.4 Å². The summed E-state index contributed by atoms with van der Waals surface area (Å²) < 4.78 is 9.05. The number of fused-ring (bicyclic) bond motifs is 3. The minimum atomic E-state index is 0.0554. The summed E-state index contributed by atoms with van der Waals surface area (Å²) >= 11 is 3.49. The standard InChI is InChI=1S/C34H29N3OS2/c1-34(2,3)24-12-14-35-30(19-24)28-18-23-13-17-39-32(23)33-29(28)21-31(40-33)38-27-11-7-10-26(20-27)37-16-15-36(22-37)25-8-5-4-6-9-25/h4-21H,22H2,1-3H3. The Morgan fingerprint density at radius 3 is 2.42 bits per heavy atom. The highest BCUT2D eigenvalue weighted by Crippen LogP contribution is 2.45. The van der Waals surface area contributed by atoms with Gasteiger partial charge in [0, 0.05) is 53.1 Å². The largest absolute Gasteiger partial charge is 0.447 e. The van der Waals surface area contributed by atoms with Crippen LogP contribution in [0.25, 0.3) is 31.4 Å². The van der Waals surface area contributed by atoms with E-state index in [2.05, 4.69) is 121 Å². The van der Waals surface area contributed by atoms with Gasteiger partial charge in [0.05, 0.1) is 21.8 Å². The lowest BCUT2D eigenvalue weighted by Gasteiger charge is -2.21. The first-order valence-corrected chi connectivity index (χ1v) is 15.1. The molecule has 4 nitrogen and oxygen atoms in total. The number of benzene rings is 3. The third-order valence-electron chi connectivity index (χ3n) is 7.29. The lowest BCUT2D eigenvalue weighted by atomic mass is 9.86. The van der Waals surface area contributed by atoms with Crippen molar-refractivity contribution in [1.29, 1.82) is 0 Å². The lowest BCUT2D eigenvalue weighted by Crippen LogP contribution is -2.24. The van der Waals surface area contributed by atoms with Crippen LogP contribution in [0.3, 0.4) is 0 Å². The minimum Gasteiger partial charge on any atom is -0.447 e. The number of nitrogens with zero attached hydrogens (tertiary/aromatic N) is 3. The molecule has 7 rings (SSSR count). The van der Waals surface area contributed by atoms with Gasteiger partial charge < -0.3 is 14.5 Å². The fourth-order valence-electron chi connectivity index (χ4n) is 5.11. The van der Waals surface area contributed by atoms with Crippen molar-refractivity contribution < 1.29 is 4.74 Å². The third kappa shape index (κ3) is 4.63. The van der Waals surface area contributed by atoms with Crippen molar-refractivity contribution in [3.05, 3.63) is 114 Å². The fourth-order valence-corrected chi connectivity index (χ4v) is 7.22. The van der Waals surface area contributed by atoms with Gasteiger partial charge in [-0.05, 0) is 70.3 Å². The molecule has 198 valence electrons. The molecule has 0 unspecified atom stereocenters. The molecule has 0 spiro atoms. The predicted molar refractivity (Wildman–Crippen MR) is 171 cm³/mol. The summed E-state index contributed by atoms with van der Waals surface area (Å²) in [6.07, 6.45) is 6.16. The zero-order chi connectivity index (χ0) is 27.3. The number of thiophene rings is 2. The van der Waals surface area contributed by atoms with E-state index in [4.69, 9.17) is 9.72 Å². The van der Waals surface area contributed by atoms with Crippen LogP contribution in [-0.4, -0.2) is 11.7 Å². The van der Waals surface area contributed by atoms with Crippen LogP contribution in [-0.2, 0) is 5.41 Å². The smallest absolute Gasteiger partial charge is 0.182 e. The summed E-state index contributed by atoms with van der Waals surface area (Å²) in [6.45, 7) is 7.49. The molecule has 40 heavy (non-hydrogen) atoms. The van der Waals surface area contributed by atoms with Gasteiger partial charge in [-0.3, -0.25) is 4.98 Å². The number of hydrogen-bond acceptors (Lipinski definition) is 6. The van der Waals surface area contributed by atoms with Gasteiger partial charge in [-0.2, -0.15) is 0 Å². The number of anilines is 2. The highest BCUT2D eigenvalue weighted by Gasteiger charge is 2.19. The first kappa shape index (κ1) is 24.9. The molecule has 0 N–H and O–H groups in total. The normalized spacial score (nSPS) is 13.6. The van der Waals surface area contributed by atoms with E-state index < -0.39 is 0 Å². The van der Waals surface area contributed by atoms with Crippen LogP contribution >= 0.6 is 22.7 Å². The second-order valence-electron chi connectivity index (χ2n) is 11.1. The van der Waals surface area contributed by atoms with Crippen molar-refractivity contribution in [2.45, 2.75) is 26.2 Å². The Labute approximate surface area is 242 Å². The zero-order valence-corrected chi connectivity index (χ0v) is 24.3. The van der Waals surface area contributed by atoms with Crippen molar-refractivity contribution in [2.24, 2.45) is 0 Å². The third-order valence-corrected chi connectivity index (χ3v) is 9.40. The maximum Gasteiger partial charge on any atom is 0.182 e. The average molecular weight is 560 g/mol. The van der Waals surface area contributed by atoms with Crippen LogP contribution in [0, 0.1) is 0 Å². The quantitative estimate of drug-likeness (QED) is 0.210. The molecule has 4 heterocycles. The van der Waals surface area contributed by atoms with Gasteiger partial charge in [0.25, 0.3) is 0 Å². The van der Waals surface area contributed by atoms with Crippen LogP contribution < -0.4 is 14.5 Å². The molecule has 0 radical (unpaired) electrons. The van der Waals surface area contributed by atoms with E-state index in [0.29, 0.717) is 0 Å². The van der Waals surface area contributed by atoms with Crippen LogP contribution in [0.2, 0.25) is 0 Å². The molecule has 1 aliphatic rings. The molecule has 3 aromatic heterocycles. The SMILES string of the molecule is CC(C)(C)c1ccnc(-c2cc3ccsc3c3sc(Oc4cccc(N5C=CN(c6ccccc6)C5)c4)cc23)c1. The maximum absolute atomic E-state index is 6.51. The van der Waals surface area contributed by atoms with Gasteiger partial charge >= 0.3 is 0 Å². The van der Waals surface area contributed by atoms with E-state index in [9.17, 15) is 0 Å². The van der Waals surface area contributed by atoms with Crippen LogP contribution in [0.5, 0.6) is 10.8 Å². The topological polar surface area (TPSA) is 28.6 Å². The number of para-hydroxylation sites is 1. The van der Waals surface area contributed by atoms with Gasteiger partial charge in [0.2, 0.25) is 0 Å². The molecule has 0 amide bonds. The second kappa shape index (κ2) is 9.81. The molecular formula is C34H29N3OS2. The van der Waals surface area contributed by atoms with Gasteiger partial charge in [0.1, 0.15) is 5.75 Å². The summed E-state index contributed by atoms with van der Waals surface area (Å²) in [4.78, 5) is 9.25. The highest BCUT2D eigenvalue weighted by molar-refractivity contribution is 7.27. The number of hydrogen-bond donors (Lipinski definition) is 0. The Kier molecular flexibility index (Phi) is 6.10. The van der Waals surface area contributed by atoms with Crippen LogP contribution in [0.15, 0.2) is 109 Å². The number of ether oxygens (including phenoxy) is 1. The number of pyridine rings is 1. The monoisotopic (exact) mass is 559 g/mol. The van der Waals surface area contributed by atoms with E-state index in [0.717, 1.165) is 34.4 Å². The Morgan fingerprint density at radius 2 is 1.60 bits per heavy atom. The van der Waals surface area contributed by atoms with Crippen LogP contribution in [0.4, 0.5) is 11.4 Å². The summed E-state index contributed by atoms with van der Waals surface area (Å²) in [5, 5.41) is 5.48. The van der Waals surface area contributed by atoms with Crippen molar-refractivity contribution in [1.82, 2.24) is 4.98 Å². The Bertz CT molecular complexity index is 1860. The molecule has 1 aliphatic heterocycles. The first-order chi connectivity index (χ1) is 19.4. The summed E-state index contributed by atoms with van der Waals surface area (Å²) in [5.41, 5.74) is 5.76. The molecule has 0 bridgehead atoms. The van der Waals surface area contributed by atoms with Crippen molar-refractivity contribution in [2.75, 3.05) is 16.5 Å². The summed E-state index contributed by atoms with van der Waals surface area (Å²) in [5.74, 6) is 0.826. The van der Waals surface area contributed by atoms with E-state index in [-0.39, 0.29) is 5.41 Å². The second-order valence-corrected chi connectivity index (χ2v) is 13.0. The maximum atomic E-state index is 6.51. The molecule has 0 atom stereocenters. The molecule has 0 fully saturated rings. The lowest BCUT2D eigenvalue weighted by molar-refractivity contribution is 0.497. The first-order valence-electron chi connectivity index (χ1n) is 13.4. The van der Waals surface area contributed by atoms with Crippen molar-refractivity contribution in [3.63, 3.8) is 0 Å². The van der Waals surface area contributed by atoms with E-state index in [1.54, 1.807) is 22.7 Å². The molecule has 0 saturated carbocycles. The van der Waals surface area contributed by atoms with Gasteiger partial charge in [0.15, 0.2) is 5.06 Å². The van der Waals surface area contributed by atoms with E-state index in [1.807, 2.05) is 18.3 Å². The number of rotatable bonds is 5. The molecule has 6 aromatic rings. The predicted octanol–water partition coefficient (Wildman–Crippen LogP) is 10.0. The zero-order valence-electron chi connectivity index (χ0n) is 22.7. The van der Waals surface area contributed by atoms with Crippen molar-refractivity contribution in [3.8, 4) is 22.1 Å². The van der Waals surface area contributed by atoms with Gasteiger partial charge in [-0.1, -0.05) is 56.4 Å². The fraction of sp³-hybridized carbons (Fsp3) is 0.147. The minimum absolute atomic E-state index is 0.0554. The van der Waals surface area contributed by atoms with E-state index >= 15 is 0 Å². The number of aromatic nitrogens is 1. The van der Waals surface area contributed by atoms with Crippen LogP contribution in [0.1, 0.15) is 26.3 Å². The Morgan fingerprint density at radius 1 is 0.800 bits per heavy atom. The molecule has 3 aromatic carbocycles. The van der Waals surface area contributed by atoms with Gasteiger partial charge in [-0.15, -0.1) is 11.3 Å². The molecule has 0 aliphatic carbocycles. The molecular weight excluding hydrogens is 531 g/mol. The molecule has 6 heteroatoms. The van der Waals surface area contributed by atoms with Gasteiger partial charge in [-0.25, -0.2) is 0 Å². The average Bonchev–Trinajstić information content (AvgIpc) is 3.72. The Balaban J connectivity index is 1.21. The van der Waals surface area contributed by atoms with Crippen molar-refractivity contribution >= 4 is 54.2 Å². The summed E-state index contributed by atoms with van der Waals surface area (Å²) in [7, 11) is 0.